The summed E-state index contributed by atoms with van der Waals surface area (Å²) in [5.41, 5.74) is 0.747. The predicted molar refractivity (Wildman–Crippen MR) is 117 cm³/mol. The van der Waals surface area contributed by atoms with Crippen LogP contribution >= 0.6 is 11.6 Å². The highest BCUT2D eigenvalue weighted by atomic mass is 35.5. The molecule has 4 unspecified atom stereocenters. The second-order valence-corrected chi connectivity index (χ2v) is 10.2. The van der Waals surface area contributed by atoms with Crippen LogP contribution in [0.1, 0.15) is 12.8 Å². The quantitative estimate of drug-likeness (QED) is 0.512. The number of halogens is 1. The molecule has 0 radical (unpaired) electrons. The van der Waals surface area contributed by atoms with Gasteiger partial charge in [-0.25, -0.2) is 4.98 Å². The van der Waals surface area contributed by atoms with Gasteiger partial charge >= 0.3 is 0 Å². The van der Waals surface area contributed by atoms with Crippen LogP contribution in [0.2, 0.25) is 5.02 Å². The molecule has 3 aliphatic rings. The van der Waals surface area contributed by atoms with Gasteiger partial charge in [0.05, 0.1) is 43.4 Å². The third-order valence-electron chi connectivity index (χ3n) is 5.79. The van der Waals surface area contributed by atoms with E-state index in [0.29, 0.717) is 36.5 Å². The second kappa shape index (κ2) is 8.72. The fourth-order valence-corrected chi connectivity index (χ4v) is 5.86. The summed E-state index contributed by atoms with van der Waals surface area (Å²) in [7, 11) is -1.74. The number of rotatable bonds is 7. The number of aromatic nitrogens is 4. The van der Waals surface area contributed by atoms with Crippen LogP contribution in [0.15, 0.2) is 18.6 Å². The van der Waals surface area contributed by atoms with E-state index < -0.39 is 22.4 Å². The van der Waals surface area contributed by atoms with E-state index in [1.54, 1.807) is 17.1 Å². The molecule has 3 N–H and O–H groups in total. The highest BCUT2D eigenvalue weighted by Crippen LogP contribution is 2.31. The Kier molecular flexibility index (Phi) is 5.94. The Hall–Kier alpha value is -2.03. The summed E-state index contributed by atoms with van der Waals surface area (Å²) in [6, 6.07) is -0.680. The van der Waals surface area contributed by atoms with Crippen molar-refractivity contribution in [2.75, 3.05) is 36.9 Å². The number of nitrogens with one attached hydrogen (secondary N) is 3. The van der Waals surface area contributed by atoms with Gasteiger partial charge in [-0.15, -0.1) is 0 Å². The number of fused-ring (bicyclic) bond motifs is 1. The molecular weight excluding hydrogens is 460 g/mol. The van der Waals surface area contributed by atoms with Crippen molar-refractivity contribution in [1.29, 1.82) is 0 Å². The number of nitrogens with zero attached hydrogens (tertiary/aromatic N) is 5. The lowest BCUT2D eigenvalue weighted by atomic mass is 10.1. The van der Waals surface area contributed by atoms with Gasteiger partial charge in [-0.3, -0.25) is 4.68 Å². The van der Waals surface area contributed by atoms with Gasteiger partial charge in [-0.2, -0.15) is 27.5 Å². The molecule has 32 heavy (non-hydrogen) atoms. The molecule has 2 aromatic heterocycles. The molecule has 12 nitrogen and oxygen atoms in total. The minimum Gasteiger partial charge on any atom is -0.371 e. The van der Waals surface area contributed by atoms with Crippen LogP contribution in [-0.2, 0) is 26.7 Å². The molecule has 14 heteroatoms. The Morgan fingerprint density at radius 3 is 2.56 bits per heavy atom. The van der Waals surface area contributed by atoms with Crippen molar-refractivity contribution in [2.45, 2.75) is 37.1 Å². The molecule has 4 atom stereocenters. The Balaban J connectivity index is 1.24. The molecule has 0 spiro atoms. The van der Waals surface area contributed by atoms with Crippen LogP contribution in [0.4, 0.5) is 17.5 Å². The molecule has 0 saturated carbocycles. The average Bonchev–Trinajstić information content (AvgIpc) is 3.53. The van der Waals surface area contributed by atoms with Crippen molar-refractivity contribution in [1.82, 2.24) is 28.8 Å². The average molecular weight is 485 g/mol. The maximum atomic E-state index is 12.6. The summed E-state index contributed by atoms with van der Waals surface area (Å²) in [5.74, 6) is 0.802. The summed E-state index contributed by atoms with van der Waals surface area (Å²) >= 11 is 6.30. The lowest BCUT2D eigenvalue weighted by Gasteiger charge is -2.22. The first-order valence-corrected chi connectivity index (χ1v) is 12.3. The van der Waals surface area contributed by atoms with Gasteiger partial charge in [0.2, 0.25) is 5.95 Å². The zero-order valence-electron chi connectivity index (χ0n) is 17.4. The van der Waals surface area contributed by atoms with Crippen molar-refractivity contribution in [3.05, 3.63) is 23.6 Å². The van der Waals surface area contributed by atoms with E-state index in [-0.39, 0.29) is 18.8 Å². The normalized spacial score (nSPS) is 28.2. The van der Waals surface area contributed by atoms with Gasteiger partial charge in [0.1, 0.15) is 17.2 Å². The smallest absolute Gasteiger partial charge is 0.279 e. The van der Waals surface area contributed by atoms with E-state index in [9.17, 15) is 8.42 Å². The van der Waals surface area contributed by atoms with Crippen LogP contribution in [-0.4, -0.2) is 83.1 Å². The zero-order chi connectivity index (χ0) is 22.3. The lowest BCUT2D eigenvalue weighted by Crippen LogP contribution is -2.49. The third kappa shape index (κ3) is 4.40. The van der Waals surface area contributed by atoms with Crippen LogP contribution in [0.3, 0.4) is 0 Å². The molecule has 3 saturated heterocycles. The summed E-state index contributed by atoms with van der Waals surface area (Å²) < 4.78 is 43.0. The van der Waals surface area contributed by atoms with E-state index in [0.717, 1.165) is 18.5 Å². The topological polar surface area (TPSA) is 136 Å². The number of aryl methyl sites for hydroxylation is 1. The molecule has 0 aromatic carbocycles. The monoisotopic (exact) mass is 484 g/mol. The first-order chi connectivity index (χ1) is 15.4. The van der Waals surface area contributed by atoms with Crippen molar-refractivity contribution in [2.24, 2.45) is 7.05 Å². The van der Waals surface area contributed by atoms with E-state index in [2.05, 4.69) is 30.4 Å². The molecule has 0 aliphatic carbocycles. The fourth-order valence-electron chi connectivity index (χ4n) is 4.24. The number of ether oxygens (including phenoxy) is 2. The molecule has 3 aliphatic heterocycles. The van der Waals surface area contributed by atoms with Crippen molar-refractivity contribution in [3.8, 4) is 0 Å². The zero-order valence-corrected chi connectivity index (χ0v) is 19.0. The molecule has 2 aromatic rings. The predicted octanol–water partition coefficient (Wildman–Crippen LogP) is 0.484. The van der Waals surface area contributed by atoms with E-state index in [1.807, 2.05) is 7.05 Å². The molecule has 0 amide bonds. The number of anilines is 3. The van der Waals surface area contributed by atoms with Gasteiger partial charge in [0.25, 0.3) is 10.2 Å². The Morgan fingerprint density at radius 2 is 1.84 bits per heavy atom. The Bertz CT molecular complexity index is 1080. The van der Waals surface area contributed by atoms with Crippen molar-refractivity contribution >= 4 is 39.3 Å². The summed E-state index contributed by atoms with van der Waals surface area (Å²) in [6.45, 7) is 1.67. The van der Waals surface area contributed by atoms with Gasteiger partial charge < -0.3 is 20.1 Å². The molecule has 3 fully saturated rings. The molecule has 5 rings (SSSR count). The van der Waals surface area contributed by atoms with Gasteiger partial charge in [0.15, 0.2) is 5.82 Å². The molecular formula is C18H25ClN8O4S. The lowest BCUT2D eigenvalue weighted by molar-refractivity contribution is 0.0689. The van der Waals surface area contributed by atoms with E-state index in [1.165, 1.54) is 10.5 Å². The third-order valence-corrected chi connectivity index (χ3v) is 7.71. The number of hydrogen-bond acceptors (Lipinski definition) is 9. The highest BCUT2D eigenvalue weighted by molar-refractivity contribution is 7.87. The maximum absolute atomic E-state index is 12.6. The molecule has 5 heterocycles. The Labute approximate surface area is 190 Å². The fraction of sp³-hybridized carbons (Fsp3) is 0.611. The van der Waals surface area contributed by atoms with Crippen molar-refractivity contribution in [3.63, 3.8) is 0 Å². The summed E-state index contributed by atoms with van der Waals surface area (Å²) in [6.07, 6.45) is 6.01. The van der Waals surface area contributed by atoms with Crippen LogP contribution in [0.5, 0.6) is 0 Å². The molecule has 0 bridgehead atoms. The number of hydrogen-bond donors (Lipinski definition) is 3. The second-order valence-electron chi connectivity index (χ2n) is 8.10. The van der Waals surface area contributed by atoms with Gasteiger partial charge in [-0.05, 0) is 12.8 Å². The van der Waals surface area contributed by atoms with Crippen LogP contribution < -0.4 is 15.4 Å². The summed E-state index contributed by atoms with van der Waals surface area (Å²) in [4.78, 5) is 8.65. The summed E-state index contributed by atoms with van der Waals surface area (Å²) in [5, 5.41) is 10.8. The minimum atomic E-state index is -3.55. The maximum Gasteiger partial charge on any atom is 0.279 e. The Morgan fingerprint density at radius 1 is 1.12 bits per heavy atom. The molecule has 174 valence electrons. The van der Waals surface area contributed by atoms with E-state index >= 15 is 0 Å². The van der Waals surface area contributed by atoms with Gasteiger partial charge in [0, 0.05) is 26.3 Å². The highest BCUT2D eigenvalue weighted by Gasteiger charge is 2.49. The first-order valence-electron chi connectivity index (χ1n) is 10.4. The van der Waals surface area contributed by atoms with Crippen molar-refractivity contribution < 1.29 is 17.9 Å². The standard InChI is InChI=1S/C18H25ClN8O4S/c1-26-8-11(6-21-26)22-18-20-7-12(19)17(24-18)23-13-9-30-16-14(10-31-15(13)16)25-32(28,29)27-4-2-3-5-27/h6-8,13-16,25H,2-5,9-10H2,1H3,(H2,20,22,23,24). The minimum absolute atomic E-state index is 0.236. The SMILES string of the molecule is Cn1cc(Nc2ncc(Cl)c(NC3COC4C(NS(=O)(=O)N5CCCC5)COC34)n2)cn1. The largest absolute Gasteiger partial charge is 0.371 e. The van der Waals surface area contributed by atoms with E-state index in [4.69, 9.17) is 21.1 Å². The van der Waals surface area contributed by atoms with Gasteiger partial charge in [-0.1, -0.05) is 11.6 Å². The van der Waals surface area contributed by atoms with Crippen LogP contribution in [0.25, 0.3) is 0 Å². The van der Waals surface area contributed by atoms with Crippen LogP contribution in [0, 0.1) is 0 Å². The first kappa shape index (κ1) is 21.8.